The van der Waals surface area contributed by atoms with Gasteiger partial charge in [0.1, 0.15) is 6.61 Å². The van der Waals surface area contributed by atoms with Gasteiger partial charge in [-0.1, -0.05) is 11.6 Å². The lowest BCUT2D eigenvalue weighted by Crippen LogP contribution is -2.25. The second-order valence-corrected chi connectivity index (χ2v) is 3.73. The SMILES string of the molecule is Cc1ccc2nc3n(c(=O)c2c1)OCC3. The highest BCUT2D eigenvalue weighted by Crippen LogP contribution is 2.12. The summed E-state index contributed by atoms with van der Waals surface area (Å²) in [6, 6.07) is 5.69. The third kappa shape index (κ3) is 1.14. The Morgan fingerprint density at radius 1 is 1.47 bits per heavy atom. The molecule has 2 aromatic rings. The number of aromatic nitrogens is 2. The van der Waals surface area contributed by atoms with Gasteiger partial charge in [0.25, 0.3) is 5.56 Å². The summed E-state index contributed by atoms with van der Waals surface area (Å²) in [6.07, 6.45) is 0.707. The average molecular weight is 202 g/mol. The fraction of sp³-hybridized carbons (Fsp3) is 0.273. The first kappa shape index (κ1) is 8.47. The molecule has 3 rings (SSSR count). The molecule has 0 unspecified atom stereocenters. The van der Waals surface area contributed by atoms with Gasteiger partial charge in [0.15, 0.2) is 5.82 Å². The van der Waals surface area contributed by atoms with Crippen molar-refractivity contribution in [3.8, 4) is 0 Å². The number of benzene rings is 1. The third-order valence-corrected chi connectivity index (χ3v) is 2.60. The number of hydrogen-bond acceptors (Lipinski definition) is 3. The molecule has 0 N–H and O–H groups in total. The van der Waals surface area contributed by atoms with Gasteiger partial charge in [-0.2, -0.15) is 0 Å². The van der Waals surface area contributed by atoms with E-state index in [1.807, 2.05) is 25.1 Å². The van der Waals surface area contributed by atoms with E-state index in [1.54, 1.807) is 0 Å². The summed E-state index contributed by atoms with van der Waals surface area (Å²) in [5.41, 5.74) is 1.71. The Morgan fingerprint density at radius 2 is 2.33 bits per heavy atom. The molecule has 1 aliphatic rings. The Bertz CT molecular complexity index is 601. The van der Waals surface area contributed by atoms with Crippen molar-refractivity contribution in [2.75, 3.05) is 6.61 Å². The first-order valence-corrected chi connectivity index (χ1v) is 4.91. The monoisotopic (exact) mass is 202 g/mol. The van der Waals surface area contributed by atoms with Gasteiger partial charge in [-0.15, -0.1) is 4.73 Å². The maximum Gasteiger partial charge on any atom is 0.294 e. The average Bonchev–Trinajstić information content (AvgIpc) is 2.68. The topological polar surface area (TPSA) is 44.1 Å². The summed E-state index contributed by atoms with van der Waals surface area (Å²) in [6.45, 7) is 2.50. The van der Waals surface area contributed by atoms with E-state index in [1.165, 1.54) is 4.73 Å². The number of hydrogen-bond donors (Lipinski definition) is 0. The first-order valence-electron chi connectivity index (χ1n) is 4.91. The lowest BCUT2D eigenvalue weighted by Gasteiger charge is -2.04. The van der Waals surface area contributed by atoms with Gasteiger partial charge in [0.2, 0.25) is 0 Å². The molecule has 4 heteroatoms. The van der Waals surface area contributed by atoms with Crippen molar-refractivity contribution in [3.63, 3.8) is 0 Å². The molecule has 0 amide bonds. The lowest BCUT2D eigenvalue weighted by molar-refractivity contribution is 0.141. The van der Waals surface area contributed by atoms with Gasteiger partial charge in [-0.05, 0) is 19.1 Å². The summed E-state index contributed by atoms with van der Waals surface area (Å²) < 4.78 is 1.31. The van der Waals surface area contributed by atoms with Crippen LogP contribution in [0, 0.1) is 6.92 Å². The number of aryl methyl sites for hydroxylation is 1. The van der Waals surface area contributed by atoms with Gasteiger partial charge >= 0.3 is 0 Å². The molecule has 0 bridgehead atoms. The molecule has 15 heavy (non-hydrogen) atoms. The fourth-order valence-electron chi connectivity index (χ4n) is 1.85. The molecule has 1 aromatic carbocycles. The quantitative estimate of drug-likeness (QED) is 0.631. The van der Waals surface area contributed by atoms with E-state index in [0.29, 0.717) is 18.4 Å². The van der Waals surface area contributed by atoms with Crippen LogP contribution in [0.15, 0.2) is 23.0 Å². The van der Waals surface area contributed by atoms with Crippen molar-refractivity contribution in [3.05, 3.63) is 39.9 Å². The Hall–Kier alpha value is -1.84. The zero-order valence-corrected chi connectivity index (χ0v) is 8.36. The normalized spacial score (nSPS) is 13.9. The largest absolute Gasteiger partial charge is 0.409 e. The molecule has 0 atom stereocenters. The Labute approximate surface area is 86.1 Å². The van der Waals surface area contributed by atoms with E-state index in [9.17, 15) is 4.79 Å². The molecule has 0 spiro atoms. The first-order chi connectivity index (χ1) is 7.25. The highest BCUT2D eigenvalue weighted by atomic mass is 16.7. The van der Waals surface area contributed by atoms with Crippen LogP contribution in [0.1, 0.15) is 11.4 Å². The predicted molar refractivity (Wildman–Crippen MR) is 55.9 cm³/mol. The molecule has 76 valence electrons. The van der Waals surface area contributed by atoms with E-state index in [0.717, 1.165) is 16.9 Å². The zero-order valence-electron chi connectivity index (χ0n) is 8.36. The minimum atomic E-state index is -0.101. The molecular formula is C11H10N2O2. The molecule has 0 radical (unpaired) electrons. The molecule has 1 aliphatic heterocycles. The van der Waals surface area contributed by atoms with Crippen molar-refractivity contribution in [1.29, 1.82) is 0 Å². The molecule has 0 saturated carbocycles. The highest BCUT2D eigenvalue weighted by Gasteiger charge is 2.16. The summed E-state index contributed by atoms with van der Waals surface area (Å²) >= 11 is 0. The van der Waals surface area contributed by atoms with Crippen molar-refractivity contribution < 1.29 is 4.84 Å². The molecule has 0 aliphatic carbocycles. The van der Waals surface area contributed by atoms with Crippen LogP contribution in [0.3, 0.4) is 0 Å². The maximum absolute atomic E-state index is 12.0. The molecule has 2 heterocycles. The maximum atomic E-state index is 12.0. The number of fused-ring (bicyclic) bond motifs is 2. The minimum Gasteiger partial charge on any atom is -0.409 e. The van der Waals surface area contributed by atoms with Crippen LogP contribution in [-0.2, 0) is 6.42 Å². The Balaban J connectivity index is 2.47. The van der Waals surface area contributed by atoms with E-state index in [2.05, 4.69) is 4.98 Å². The lowest BCUT2D eigenvalue weighted by atomic mass is 10.2. The molecule has 0 saturated heterocycles. The van der Waals surface area contributed by atoms with Crippen LogP contribution < -0.4 is 10.4 Å². The van der Waals surface area contributed by atoms with Crippen LogP contribution in [-0.4, -0.2) is 16.3 Å². The van der Waals surface area contributed by atoms with Crippen molar-refractivity contribution >= 4 is 10.9 Å². The van der Waals surface area contributed by atoms with Crippen LogP contribution in [0.5, 0.6) is 0 Å². The second kappa shape index (κ2) is 2.82. The van der Waals surface area contributed by atoms with Gasteiger partial charge in [-0.25, -0.2) is 4.98 Å². The van der Waals surface area contributed by atoms with E-state index in [-0.39, 0.29) is 5.56 Å². The Kier molecular flexibility index (Phi) is 1.59. The third-order valence-electron chi connectivity index (χ3n) is 2.60. The van der Waals surface area contributed by atoms with Gasteiger partial charge in [0, 0.05) is 6.42 Å². The molecule has 4 nitrogen and oxygen atoms in total. The van der Waals surface area contributed by atoms with E-state index >= 15 is 0 Å². The van der Waals surface area contributed by atoms with Gasteiger partial charge in [-0.3, -0.25) is 4.79 Å². The van der Waals surface area contributed by atoms with E-state index < -0.39 is 0 Å². The standard InChI is InChI=1S/C11H10N2O2/c1-7-2-3-9-8(6-7)11(14)13-10(12-9)4-5-15-13/h2-3,6H,4-5H2,1H3. The number of nitrogens with zero attached hydrogens (tertiary/aromatic N) is 2. The summed E-state index contributed by atoms with van der Waals surface area (Å²) in [5.74, 6) is 0.719. The summed E-state index contributed by atoms with van der Waals surface area (Å²) in [5, 5.41) is 0.626. The highest BCUT2D eigenvalue weighted by molar-refractivity contribution is 5.78. The smallest absolute Gasteiger partial charge is 0.294 e. The molecule has 0 fully saturated rings. The van der Waals surface area contributed by atoms with Gasteiger partial charge in [0.05, 0.1) is 10.9 Å². The summed E-state index contributed by atoms with van der Waals surface area (Å²) in [4.78, 5) is 21.6. The number of rotatable bonds is 0. The van der Waals surface area contributed by atoms with Gasteiger partial charge < -0.3 is 4.84 Å². The predicted octanol–water partition coefficient (Wildman–Crippen LogP) is 0.690. The van der Waals surface area contributed by atoms with Crippen molar-refractivity contribution in [2.24, 2.45) is 0 Å². The van der Waals surface area contributed by atoms with Crippen LogP contribution >= 0.6 is 0 Å². The Morgan fingerprint density at radius 3 is 3.20 bits per heavy atom. The fourth-order valence-corrected chi connectivity index (χ4v) is 1.85. The minimum absolute atomic E-state index is 0.101. The molecular weight excluding hydrogens is 192 g/mol. The zero-order chi connectivity index (χ0) is 10.4. The van der Waals surface area contributed by atoms with E-state index in [4.69, 9.17) is 4.84 Å². The van der Waals surface area contributed by atoms with Crippen molar-refractivity contribution in [2.45, 2.75) is 13.3 Å². The van der Waals surface area contributed by atoms with Crippen LogP contribution in [0.2, 0.25) is 0 Å². The van der Waals surface area contributed by atoms with Crippen LogP contribution in [0.25, 0.3) is 10.9 Å². The second-order valence-electron chi connectivity index (χ2n) is 3.73. The van der Waals surface area contributed by atoms with Crippen LogP contribution in [0.4, 0.5) is 0 Å². The molecule has 1 aromatic heterocycles. The summed E-state index contributed by atoms with van der Waals surface area (Å²) in [7, 11) is 0. The van der Waals surface area contributed by atoms with Crippen molar-refractivity contribution in [1.82, 2.24) is 9.71 Å².